The molecule has 4 nitrogen and oxygen atoms in total. The zero-order chi connectivity index (χ0) is 12.3. The summed E-state index contributed by atoms with van der Waals surface area (Å²) in [5, 5.41) is 0.958. The fourth-order valence-corrected chi connectivity index (χ4v) is 1.67. The van der Waals surface area contributed by atoms with Crippen molar-refractivity contribution >= 4 is 22.7 Å². The summed E-state index contributed by atoms with van der Waals surface area (Å²) in [6.45, 7) is 2.01. The highest BCUT2D eigenvalue weighted by atomic mass is 16.5. The molecular formula is C13H13NO3. The average molecular weight is 231 g/mol. The van der Waals surface area contributed by atoms with Gasteiger partial charge >= 0.3 is 5.97 Å². The highest BCUT2D eigenvalue weighted by Gasteiger charge is 2.12. The Bertz CT molecular complexity index is 557. The summed E-state index contributed by atoms with van der Waals surface area (Å²) in [7, 11) is 0. The Morgan fingerprint density at radius 2 is 2.12 bits per heavy atom. The summed E-state index contributed by atoms with van der Waals surface area (Å²) in [4.78, 5) is 26.0. The molecule has 0 atom stereocenters. The fourth-order valence-electron chi connectivity index (χ4n) is 1.67. The number of benzene rings is 1. The van der Waals surface area contributed by atoms with E-state index in [1.54, 1.807) is 19.1 Å². The molecule has 88 valence electrons. The number of hydrogen-bond acceptors (Lipinski definition) is 3. The minimum absolute atomic E-state index is 0.205. The molecule has 0 radical (unpaired) electrons. The molecule has 0 saturated carbocycles. The quantitative estimate of drug-likeness (QED) is 0.499. The van der Waals surface area contributed by atoms with E-state index in [9.17, 15) is 9.59 Å². The lowest BCUT2D eigenvalue weighted by atomic mass is 10.1. The Morgan fingerprint density at radius 3 is 2.88 bits per heavy atom. The van der Waals surface area contributed by atoms with E-state index in [2.05, 4.69) is 4.98 Å². The van der Waals surface area contributed by atoms with Gasteiger partial charge in [0.05, 0.1) is 6.61 Å². The smallest absolute Gasteiger partial charge is 0.313 e. The number of aromatic nitrogens is 1. The van der Waals surface area contributed by atoms with Crippen LogP contribution in [0.2, 0.25) is 0 Å². The first-order valence-corrected chi connectivity index (χ1v) is 5.46. The lowest BCUT2D eigenvalue weighted by Gasteiger charge is -2.01. The third kappa shape index (κ3) is 2.53. The lowest BCUT2D eigenvalue weighted by Crippen LogP contribution is -2.11. The number of ether oxygens (including phenoxy) is 1. The number of ketones is 1. The van der Waals surface area contributed by atoms with Gasteiger partial charge in [-0.15, -0.1) is 0 Å². The number of esters is 1. The van der Waals surface area contributed by atoms with E-state index < -0.39 is 5.97 Å². The standard InChI is InChI=1S/C13H13NO3/c1-2-17-13(16)8-12(15)10-3-4-11-9(7-10)5-6-14-11/h3-7,14H,2,8H2,1H3. The molecule has 2 aromatic rings. The van der Waals surface area contributed by atoms with E-state index >= 15 is 0 Å². The Labute approximate surface area is 98.6 Å². The topological polar surface area (TPSA) is 59.2 Å². The summed E-state index contributed by atoms with van der Waals surface area (Å²) < 4.78 is 4.74. The number of nitrogens with one attached hydrogen (secondary N) is 1. The largest absolute Gasteiger partial charge is 0.466 e. The molecule has 0 unspecified atom stereocenters. The Morgan fingerprint density at radius 1 is 1.29 bits per heavy atom. The minimum Gasteiger partial charge on any atom is -0.466 e. The molecule has 1 heterocycles. The molecule has 0 aliphatic heterocycles. The molecule has 2 rings (SSSR count). The van der Waals surface area contributed by atoms with E-state index in [1.807, 2.05) is 18.3 Å². The molecule has 4 heteroatoms. The first-order chi connectivity index (χ1) is 8.20. The van der Waals surface area contributed by atoms with Crippen LogP contribution in [0.1, 0.15) is 23.7 Å². The van der Waals surface area contributed by atoms with E-state index in [-0.39, 0.29) is 12.2 Å². The molecule has 17 heavy (non-hydrogen) atoms. The maximum atomic E-state index is 11.8. The molecule has 1 N–H and O–H groups in total. The fraction of sp³-hybridized carbons (Fsp3) is 0.231. The number of hydrogen-bond donors (Lipinski definition) is 1. The van der Waals surface area contributed by atoms with Crippen molar-refractivity contribution in [1.82, 2.24) is 4.98 Å². The van der Waals surface area contributed by atoms with Gasteiger partial charge in [0.15, 0.2) is 5.78 Å². The molecule has 0 aliphatic rings. The highest BCUT2D eigenvalue weighted by Crippen LogP contribution is 2.15. The van der Waals surface area contributed by atoms with Gasteiger partial charge in [-0.2, -0.15) is 0 Å². The molecule has 0 spiro atoms. The van der Waals surface area contributed by atoms with Crippen molar-refractivity contribution in [1.29, 1.82) is 0 Å². The van der Waals surface area contributed by atoms with Gasteiger partial charge in [-0.05, 0) is 31.2 Å². The zero-order valence-corrected chi connectivity index (χ0v) is 9.53. The Kier molecular flexibility index (Phi) is 3.23. The SMILES string of the molecule is CCOC(=O)CC(=O)c1ccc2[nH]ccc2c1. The third-order valence-electron chi connectivity index (χ3n) is 2.49. The number of carbonyl (C=O) groups excluding carboxylic acids is 2. The Hall–Kier alpha value is -2.10. The molecule has 0 amide bonds. The number of carbonyl (C=O) groups is 2. The van der Waals surface area contributed by atoms with Crippen molar-refractivity contribution in [2.45, 2.75) is 13.3 Å². The molecule has 1 aromatic heterocycles. The normalized spacial score (nSPS) is 10.4. The van der Waals surface area contributed by atoms with Crippen LogP contribution in [0.5, 0.6) is 0 Å². The van der Waals surface area contributed by atoms with Crippen molar-refractivity contribution in [2.75, 3.05) is 6.61 Å². The second-order valence-electron chi connectivity index (χ2n) is 3.68. The van der Waals surface area contributed by atoms with Crippen LogP contribution in [0.3, 0.4) is 0 Å². The third-order valence-corrected chi connectivity index (χ3v) is 2.49. The van der Waals surface area contributed by atoms with Crippen LogP contribution < -0.4 is 0 Å². The molecule has 0 saturated heterocycles. The summed E-state index contributed by atoms with van der Waals surface area (Å²) in [5.74, 6) is -0.696. The lowest BCUT2D eigenvalue weighted by molar-refractivity contribution is -0.141. The zero-order valence-electron chi connectivity index (χ0n) is 9.53. The van der Waals surface area contributed by atoms with E-state index in [0.717, 1.165) is 10.9 Å². The number of H-pyrrole nitrogens is 1. The number of Topliss-reactive ketones (excluding diaryl/α,β-unsaturated/α-hetero) is 1. The van der Waals surface area contributed by atoms with E-state index in [4.69, 9.17) is 4.74 Å². The average Bonchev–Trinajstić information content (AvgIpc) is 2.75. The molecular weight excluding hydrogens is 218 g/mol. The highest BCUT2D eigenvalue weighted by molar-refractivity contribution is 6.07. The minimum atomic E-state index is -0.480. The Balaban J connectivity index is 2.15. The van der Waals surface area contributed by atoms with Crippen LogP contribution in [0.15, 0.2) is 30.5 Å². The monoisotopic (exact) mass is 231 g/mol. The number of aromatic amines is 1. The van der Waals surface area contributed by atoms with Crippen LogP contribution in [0.4, 0.5) is 0 Å². The van der Waals surface area contributed by atoms with Crippen molar-refractivity contribution in [3.05, 3.63) is 36.0 Å². The van der Waals surface area contributed by atoms with Gasteiger partial charge in [-0.3, -0.25) is 9.59 Å². The van der Waals surface area contributed by atoms with Crippen LogP contribution in [-0.4, -0.2) is 23.3 Å². The van der Waals surface area contributed by atoms with Gasteiger partial charge in [0, 0.05) is 22.7 Å². The van der Waals surface area contributed by atoms with Crippen molar-refractivity contribution in [2.24, 2.45) is 0 Å². The predicted octanol–water partition coefficient (Wildman–Crippen LogP) is 2.30. The maximum absolute atomic E-state index is 11.8. The maximum Gasteiger partial charge on any atom is 0.313 e. The van der Waals surface area contributed by atoms with Crippen LogP contribution in [-0.2, 0) is 9.53 Å². The molecule has 0 bridgehead atoms. The van der Waals surface area contributed by atoms with Gasteiger partial charge in [-0.25, -0.2) is 0 Å². The summed E-state index contributed by atoms with van der Waals surface area (Å²) >= 11 is 0. The summed E-state index contributed by atoms with van der Waals surface area (Å²) in [6, 6.07) is 7.19. The molecule has 1 aromatic carbocycles. The van der Waals surface area contributed by atoms with Crippen LogP contribution >= 0.6 is 0 Å². The van der Waals surface area contributed by atoms with E-state index in [0.29, 0.717) is 12.2 Å². The summed E-state index contributed by atoms with van der Waals surface area (Å²) in [5.41, 5.74) is 1.50. The molecule has 0 fully saturated rings. The van der Waals surface area contributed by atoms with Gasteiger partial charge < -0.3 is 9.72 Å². The number of fused-ring (bicyclic) bond motifs is 1. The summed E-state index contributed by atoms with van der Waals surface area (Å²) in [6.07, 6.45) is 1.61. The van der Waals surface area contributed by atoms with Crippen molar-refractivity contribution < 1.29 is 14.3 Å². The molecule has 0 aliphatic carbocycles. The first-order valence-electron chi connectivity index (χ1n) is 5.46. The number of rotatable bonds is 4. The second kappa shape index (κ2) is 4.82. The first kappa shape index (κ1) is 11.4. The van der Waals surface area contributed by atoms with E-state index in [1.165, 1.54) is 0 Å². The second-order valence-corrected chi connectivity index (χ2v) is 3.68. The predicted molar refractivity (Wildman–Crippen MR) is 63.9 cm³/mol. The van der Waals surface area contributed by atoms with Gasteiger partial charge in [0.25, 0.3) is 0 Å². The van der Waals surface area contributed by atoms with Crippen LogP contribution in [0.25, 0.3) is 10.9 Å². The van der Waals surface area contributed by atoms with Crippen LogP contribution in [0, 0.1) is 0 Å². The van der Waals surface area contributed by atoms with Gasteiger partial charge in [-0.1, -0.05) is 0 Å². The van der Waals surface area contributed by atoms with Gasteiger partial charge in [0.2, 0.25) is 0 Å². The van der Waals surface area contributed by atoms with Crippen molar-refractivity contribution in [3.63, 3.8) is 0 Å². The van der Waals surface area contributed by atoms with Crippen molar-refractivity contribution in [3.8, 4) is 0 Å². The van der Waals surface area contributed by atoms with Gasteiger partial charge in [0.1, 0.15) is 6.42 Å².